The first-order chi connectivity index (χ1) is 15.4. The van der Waals surface area contributed by atoms with Crippen molar-refractivity contribution in [3.8, 4) is 11.5 Å². The fourth-order valence-corrected chi connectivity index (χ4v) is 3.84. The number of amides is 1. The van der Waals surface area contributed by atoms with Crippen molar-refractivity contribution in [2.45, 2.75) is 33.7 Å². The molecule has 2 aromatic heterocycles. The second kappa shape index (κ2) is 9.18. The number of carbonyl (C=O) groups excluding carboxylic acids is 1. The summed E-state index contributed by atoms with van der Waals surface area (Å²) in [6.45, 7) is 8.13. The maximum Gasteiger partial charge on any atom is 0.252 e. The van der Waals surface area contributed by atoms with Gasteiger partial charge in [-0.2, -0.15) is 0 Å². The average Bonchev–Trinajstić information content (AvgIpc) is 2.79. The Bertz CT molecular complexity index is 1250. The number of ether oxygens (including phenoxy) is 1. The van der Waals surface area contributed by atoms with Crippen molar-refractivity contribution in [1.82, 2.24) is 15.3 Å². The molecule has 1 atom stereocenters. The third kappa shape index (κ3) is 4.47. The van der Waals surface area contributed by atoms with Crippen molar-refractivity contribution in [3.63, 3.8) is 0 Å². The number of pyridine rings is 2. The zero-order valence-corrected chi connectivity index (χ0v) is 18.8. The topological polar surface area (TPSA) is 64.1 Å². The summed E-state index contributed by atoms with van der Waals surface area (Å²) in [5, 5.41) is 4.12. The second-order valence-electron chi connectivity index (χ2n) is 8.34. The second-order valence-corrected chi connectivity index (χ2v) is 8.34. The van der Waals surface area contributed by atoms with E-state index in [4.69, 9.17) is 4.74 Å². The van der Waals surface area contributed by atoms with Gasteiger partial charge < -0.3 is 10.1 Å². The van der Waals surface area contributed by atoms with Gasteiger partial charge in [-0.1, -0.05) is 26.0 Å². The molecule has 4 aromatic rings. The molecule has 0 saturated carbocycles. The lowest BCUT2D eigenvalue weighted by atomic mass is 9.96. The van der Waals surface area contributed by atoms with Crippen molar-refractivity contribution in [1.29, 1.82) is 0 Å². The smallest absolute Gasteiger partial charge is 0.252 e. The van der Waals surface area contributed by atoms with Gasteiger partial charge in [0.1, 0.15) is 11.5 Å². The Morgan fingerprint density at radius 1 is 0.938 bits per heavy atom. The van der Waals surface area contributed by atoms with Crippen LogP contribution in [0, 0.1) is 19.8 Å². The van der Waals surface area contributed by atoms with Crippen LogP contribution in [0.25, 0.3) is 10.9 Å². The van der Waals surface area contributed by atoms with E-state index in [9.17, 15) is 4.79 Å². The van der Waals surface area contributed by atoms with E-state index in [0.29, 0.717) is 17.1 Å². The predicted molar refractivity (Wildman–Crippen MR) is 127 cm³/mol. The monoisotopic (exact) mass is 425 g/mol. The first-order valence-electron chi connectivity index (χ1n) is 10.8. The molecule has 0 fully saturated rings. The van der Waals surface area contributed by atoms with E-state index in [-0.39, 0.29) is 17.9 Å². The van der Waals surface area contributed by atoms with Crippen LogP contribution in [0.15, 0.2) is 73.2 Å². The summed E-state index contributed by atoms with van der Waals surface area (Å²) >= 11 is 0. The average molecular weight is 426 g/mol. The van der Waals surface area contributed by atoms with Crippen LogP contribution in [0.3, 0.4) is 0 Å². The Kier molecular flexibility index (Phi) is 6.17. The molecule has 32 heavy (non-hydrogen) atoms. The number of aryl methyl sites for hydroxylation is 1. The Morgan fingerprint density at radius 3 is 2.47 bits per heavy atom. The summed E-state index contributed by atoms with van der Waals surface area (Å²) in [5.41, 5.74) is 4.44. The molecule has 5 heteroatoms. The predicted octanol–water partition coefficient (Wildman–Crippen LogP) is 6.17. The Hall–Kier alpha value is -3.73. The Morgan fingerprint density at radius 2 is 1.72 bits per heavy atom. The highest BCUT2D eigenvalue weighted by Gasteiger charge is 2.21. The number of nitrogens with one attached hydrogen (secondary N) is 1. The fourth-order valence-electron chi connectivity index (χ4n) is 3.84. The molecule has 0 spiro atoms. The number of nitrogens with zero attached hydrogens (tertiary/aromatic N) is 2. The number of aromatic nitrogens is 2. The minimum absolute atomic E-state index is 0.109. The van der Waals surface area contributed by atoms with Gasteiger partial charge in [-0.25, -0.2) is 0 Å². The summed E-state index contributed by atoms with van der Waals surface area (Å²) in [6.07, 6.45) is 5.24. The third-order valence-corrected chi connectivity index (χ3v) is 5.63. The van der Waals surface area contributed by atoms with Gasteiger partial charge in [0.15, 0.2) is 0 Å². The van der Waals surface area contributed by atoms with Crippen molar-refractivity contribution in [2.24, 2.45) is 5.92 Å². The van der Waals surface area contributed by atoms with Gasteiger partial charge in [0, 0.05) is 35.1 Å². The lowest BCUT2D eigenvalue weighted by Crippen LogP contribution is -2.32. The van der Waals surface area contributed by atoms with Crippen LogP contribution < -0.4 is 10.1 Å². The van der Waals surface area contributed by atoms with E-state index in [0.717, 1.165) is 27.6 Å². The first kappa shape index (κ1) is 21.5. The maximum atomic E-state index is 13.2. The van der Waals surface area contributed by atoms with Crippen molar-refractivity contribution in [3.05, 3.63) is 95.4 Å². The van der Waals surface area contributed by atoms with Gasteiger partial charge in [-0.15, -0.1) is 0 Å². The zero-order chi connectivity index (χ0) is 22.7. The van der Waals surface area contributed by atoms with Gasteiger partial charge in [-0.3, -0.25) is 14.8 Å². The van der Waals surface area contributed by atoms with Gasteiger partial charge in [0.05, 0.1) is 11.6 Å². The number of fused-ring (bicyclic) bond motifs is 1. The van der Waals surface area contributed by atoms with Crippen molar-refractivity contribution < 1.29 is 9.53 Å². The third-order valence-electron chi connectivity index (χ3n) is 5.63. The van der Waals surface area contributed by atoms with Crippen LogP contribution in [0.5, 0.6) is 11.5 Å². The van der Waals surface area contributed by atoms with Crippen LogP contribution >= 0.6 is 0 Å². The van der Waals surface area contributed by atoms with E-state index >= 15 is 0 Å². The van der Waals surface area contributed by atoms with Crippen LogP contribution in [0.2, 0.25) is 0 Å². The molecular formula is C27H27N3O2. The summed E-state index contributed by atoms with van der Waals surface area (Å²) in [4.78, 5) is 21.7. The molecule has 0 aliphatic carbocycles. The first-order valence-corrected chi connectivity index (χ1v) is 10.8. The van der Waals surface area contributed by atoms with Gasteiger partial charge >= 0.3 is 0 Å². The van der Waals surface area contributed by atoms with E-state index in [1.165, 1.54) is 0 Å². The van der Waals surface area contributed by atoms with Crippen LogP contribution in [-0.2, 0) is 0 Å². The Labute approximate surface area is 188 Å². The summed E-state index contributed by atoms with van der Waals surface area (Å²) in [5.74, 6) is 1.47. The molecule has 0 saturated heterocycles. The molecule has 5 nitrogen and oxygen atoms in total. The molecule has 0 aliphatic rings. The van der Waals surface area contributed by atoms with Crippen LogP contribution in [0.4, 0.5) is 0 Å². The Balaban J connectivity index is 1.62. The molecular weight excluding hydrogens is 398 g/mol. The molecule has 0 bridgehead atoms. The number of hydrogen-bond acceptors (Lipinski definition) is 4. The lowest BCUT2D eigenvalue weighted by molar-refractivity contribution is 0.0924. The van der Waals surface area contributed by atoms with E-state index in [1.807, 2.05) is 68.4 Å². The highest BCUT2D eigenvalue weighted by atomic mass is 16.5. The molecule has 2 aromatic carbocycles. The minimum atomic E-state index is -0.126. The normalized spacial score (nSPS) is 12.0. The number of hydrogen-bond donors (Lipinski definition) is 1. The fraction of sp³-hybridized carbons (Fsp3) is 0.222. The molecule has 4 rings (SSSR count). The summed E-state index contributed by atoms with van der Waals surface area (Å²) in [7, 11) is 0. The maximum absolute atomic E-state index is 13.2. The molecule has 0 aliphatic heterocycles. The molecule has 2 heterocycles. The highest BCUT2D eigenvalue weighted by Crippen LogP contribution is 2.32. The van der Waals surface area contributed by atoms with Gasteiger partial charge in [0.2, 0.25) is 0 Å². The minimum Gasteiger partial charge on any atom is -0.456 e. The molecule has 1 unspecified atom stereocenters. The molecule has 0 radical (unpaired) electrons. The summed E-state index contributed by atoms with van der Waals surface area (Å²) < 4.78 is 6.26. The molecule has 1 N–H and O–H groups in total. The van der Waals surface area contributed by atoms with Crippen LogP contribution in [-0.4, -0.2) is 15.9 Å². The van der Waals surface area contributed by atoms with Crippen LogP contribution in [0.1, 0.15) is 46.9 Å². The van der Waals surface area contributed by atoms with Gasteiger partial charge in [0.25, 0.3) is 5.91 Å². The lowest BCUT2D eigenvalue weighted by Gasteiger charge is -2.23. The largest absolute Gasteiger partial charge is 0.456 e. The van der Waals surface area contributed by atoms with E-state index < -0.39 is 0 Å². The molecule has 162 valence electrons. The van der Waals surface area contributed by atoms with E-state index in [1.54, 1.807) is 18.6 Å². The number of rotatable bonds is 6. The number of carbonyl (C=O) groups is 1. The summed E-state index contributed by atoms with van der Waals surface area (Å²) in [6, 6.07) is 17.3. The quantitative estimate of drug-likeness (QED) is 0.401. The van der Waals surface area contributed by atoms with Crippen molar-refractivity contribution in [2.75, 3.05) is 0 Å². The molecule has 1 amide bonds. The standard InChI is InChI=1S/C27H27N3O2/c1-17(2)26(20-10-13-28-14-11-20)30-27(31)21-6-5-7-24(19(21)4)32-25-12-15-29-23-16-18(3)8-9-22(23)25/h5-17,26H,1-4H3,(H,30,31). The highest BCUT2D eigenvalue weighted by molar-refractivity contribution is 5.96. The van der Waals surface area contributed by atoms with Gasteiger partial charge in [-0.05, 0) is 73.4 Å². The van der Waals surface area contributed by atoms with E-state index in [2.05, 4.69) is 29.1 Å². The number of benzene rings is 2. The SMILES string of the molecule is Cc1ccc2c(Oc3cccc(C(=O)NC(c4ccncc4)C(C)C)c3C)ccnc2c1. The zero-order valence-electron chi connectivity index (χ0n) is 18.8. The van der Waals surface area contributed by atoms with Crippen molar-refractivity contribution >= 4 is 16.8 Å².